The van der Waals surface area contributed by atoms with Crippen LogP contribution in [0.15, 0.2) is 48.5 Å². The van der Waals surface area contributed by atoms with Crippen LogP contribution in [0.4, 0.5) is 10.5 Å². The number of anilines is 1. The zero-order valence-electron chi connectivity index (χ0n) is 16.9. The first-order valence-electron chi connectivity index (χ1n) is 9.76. The van der Waals surface area contributed by atoms with Gasteiger partial charge in [0.25, 0.3) is 0 Å². The molecule has 0 saturated heterocycles. The molecule has 29 heavy (non-hydrogen) atoms. The van der Waals surface area contributed by atoms with Gasteiger partial charge in [-0.1, -0.05) is 38.1 Å². The van der Waals surface area contributed by atoms with Crippen molar-refractivity contribution in [2.45, 2.75) is 32.9 Å². The minimum atomic E-state index is -0.668. The highest BCUT2D eigenvalue weighted by atomic mass is 16.6. The van der Waals surface area contributed by atoms with Gasteiger partial charge in [-0.25, -0.2) is 4.79 Å². The van der Waals surface area contributed by atoms with Crippen LogP contribution in [0.25, 0.3) is 0 Å². The molecule has 0 aliphatic carbocycles. The number of carbonyl (C=O) groups is 2. The fourth-order valence-electron chi connectivity index (χ4n) is 3.08. The summed E-state index contributed by atoms with van der Waals surface area (Å²) in [6.45, 7) is 6.72. The van der Waals surface area contributed by atoms with Gasteiger partial charge in [-0.2, -0.15) is 0 Å². The third-order valence-electron chi connectivity index (χ3n) is 4.69. The van der Waals surface area contributed by atoms with E-state index in [1.807, 2.05) is 57.2 Å². The second-order valence-electron chi connectivity index (χ2n) is 7.32. The lowest BCUT2D eigenvalue weighted by Crippen LogP contribution is -2.51. The van der Waals surface area contributed by atoms with Gasteiger partial charge >= 0.3 is 6.03 Å². The van der Waals surface area contributed by atoms with Gasteiger partial charge in [0.1, 0.15) is 19.3 Å². The Kier molecular flexibility index (Phi) is 6.59. The normalized spacial score (nSPS) is 14.6. The first kappa shape index (κ1) is 20.5. The van der Waals surface area contributed by atoms with Gasteiger partial charge in [0.2, 0.25) is 5.91 Å². The van der Waals surface area contributed by atoms with Gasteiger partial charge in [-0.15, -0.1) is 0 Å². The second-order valence-corrected chi connectivity index (χ2v) is 7.32. The molecule has 2 atom stereocenters. The highest BCUT2D eigenvalue weighted by Crippen LogP contribution is 2.32. The van der Waals surface area contributed by atoms with Crippen LogP contribution in [0, 0.1) is 5.92 Å². The lowest BCUT2D eigenvalue weighted by atomic mass is 10.0. The van der Waals surface area contributed by atoms with Crippen molar-refractivity contribution in [3.8, 4) is 11.5 Å². The van der Waals surface area contributed by atoms with Crippen LogP contribution in [-0.4, -0.2) is 31.2 Å². The van der Waals surface area contributed by atoms with E-state index < -0.39 is 12.1 Å². The summed E-state index contributed by atoms with van der Waals surface area (Å²) >= 11 is 0. The molecule has 154 valence electrons. The molecule has 1 aliphatic rings. The minimum Gasteiger partial charge on any atom is -0.486 e. The van der Waals surface area contributed by atoms with Crippen LogP contribution in [0.1, 0.15) is 32.4 Å². The Labute approximate surface area is 170 Å². The van der Waals surface area contributed by atoms with Crippen molar-refractivity contribution in [2.24, 2.45) is 5.92 Å². The fourth-order valence-corrected chi connectivity index (χ4v) is 3.08. The number of hydrogen-bond donors (Lipinski definition) is 3. The van der Waals surface area contributed by atoms with Crippen molar-refractivity contribution >= 4 is 17.6 Å². The van der Waals surface area contributed by atoms with E-state index in [2.05, 4.69) is 16.0 Å². The van der Waals surface area contributed by atoms with Gasteiger partial charge in [0.15, 0.2) is 11.5 Å². The molecule has 3 amide bonds. The Morgan fingerprint density at radius 3 is 2.28 bits per heavy atom. The van der Waals surface area contributed by atoms with E-state index >= 15 is 0 Å². The topological polar surface area (TPSA) is 88.7 Å². The number of ether oxygens (including phenoxy) is 2. The molecule has 0 saturated carbocycles. The van der Waals surface area contributed by atoms with Crippen LogP contribution in [0.3, 0.4) is 0 Å². The van der Waals surface area contributed by atoms with Crippen molar-refractivity contribution in [3.63, 3.8) is 0 Å². The zero-order valence-corrected chi connectivity index (χ0v) is 16.9. The second kappa shape index (κ2) is 9.32. The van der Waals surface area contributed by atoms with Crippen molar-refractivity contribution in [1.82, 2.24) is 10.6 Å². The average molecular weight is 397 g/mol. The molecule has 0 bridgehead atoms. The van der Waals surface area contributed by atoms with E-state index in [0.717, 1.165) is 5.56 Å². The first-order valence-corrected chi connectivity index (χ1v) is 9.76. The number of para-hydroxylation sites is 1. The largest absolute Gasteiger partial charge is 0.486 e. The Bertz CT molecular complexity index is 854. The predicted octanol–water partition coefficient (Wildman–Crippen LogP) is 3.48. The molecule has 3 N–H and O–H groups in total. The molecule has 0 radical (unpaired) electrons. The quantitative estimate of drug-likeness (QED) is 0.696. The lowest BCUT2D eigenvalue weighted by Gasteiger charge is -2.25. The number of nitrogens with one attached hydrogen (secondary N) is 3. The number of urea groups is 1. The molecule has 7 nitrogen and oxygen atoms in total. The number of hydrogen-bond acceptors (Lipinski definition) is 4. The van der Waals surface area contributed by atoms with Crippen LogP contribution < -0.4 is 25.4 Å². The van der Waals surface area contributed by atoms with E-state index in [0.29, 0.717) is 30.4 Å². The molecule has 1 heterocycles. The third-order valence-corrected chi connectivity index (χ3v) is 4.69. The number of rotatable bonds is 6. The average Bonchev–Trinajstić information content (AvgIpc) is 2.72. The molecular weight excluding hydrogens is 370 g/mol. The van der Waals surface area contributed by atoms with Gasteiger partial charge < -0.3 is 25.4 Å². The Morgan fingerprint density at radius 1 is 0.897 bits per heavy atom. The van der Waals surface area contributed by atoms with Crippen molar-refractivity contribution < 1.29 is 19.1 Å². The van der Waals surface area contributed by atoms with E-state index in [1.54, 1.807) is 12.1 Å². The number of fused-ring (bicyclic) bond motifs is 1. The zero-order chi connectivity index (χ0) is 20.8. The molecule has 0 fully saturated rings. The van der Waals surface area contributed by atoms with Gasteiger partial charge in [-0.05, 0) is 42.7 Å². The molecule has 0 spiro atoms. The monoisotopic (exact) mass is 397 g/mol. The predicted molar refractivity (Wildman–Crippen MR) is 111 cm³/mol. The van der Waals surface area contributed by atoms with E-state index in [1.165, 1.54) is 0 Å². The highest BCUT2D eigenvalue weighted by molar-refractivity contribution is 5.93. The summed E-state index contributed by atoms with van der Waals surface area (Å²) in [6.07, 6.45) is 0. The summed E-state index contributed by atoms with van der Waals surface area (Å²) in [6, 6.07) is 13.4. The number of amides is 3. The Hall–Kier alpha value is -3.22. The van der Waals surface area contributed by atoms with E-state index in [9.17, 15) is 9.59 Å². The summed E-state index contributed by atoms with van der Waals surface area (Å²) in [5.41, 5.74) is 1.57. The van der Waals surface area contributed by atoms with E-state index in [4.69, 9.17) is 9.47 Å². The molecule has 2 aromatic rings. The summed E-state index contributed by atoms with van der Waals surface area (Å²) in [5, 5.41) is 8.48. The summed E-state index contributed by atoms with van der Waals surface area (Å²) in [7, 11) is 0. The van der Waals surface area contributed by atoms with Crippen LogP contribution in [-0.2, 0) is 4.79 Å². The van der Waals surface area contributed by atoms with Gasteiger partial charge in [0, 0.05) is 5.69 Å². The smallest absolute Gasteiger partial charge is 0.319 e. The highest BCUT2D eigenvalue weighted by Gasteiger charge is 2.26. The maximum Gasteiger partial charge on any atom is 0.319 e. The van der Waals surface area contributed by atoms with Crippen molar-refractivity contribution in [3.05, 3.63) is 54.1 Å². The van der Waals surface area contributed by atoms with Crippen LogP contribution >= 0.6 is 0 Å². The molecule has 0 aromatic heterocycles. The Balaban J connectivity index is 1.62. The lowest BCUT2D eigenvalue weighted by molar-refractivity contribution is -0.124. The SMILES string of the molecule is CC(C)[C@@H](NC(=O)Nc1ccccc1)C(=O)N[C@H](C)c1ccc2c(c1)OCCO2. The standard InChI is InChI=1S/C22H27N3O4/c1-14(2)20(25-22(27)24-17-7-5-4-6-8-17)21(26)23-15(3)16-9-10-18-19(13-16)29-12-11-28-18/h4-10,13-15,20H,11-12H2,1-3H3,(H,23,26)(H2,24,25,27)/t15-,20-/m1/s1. The Morgan fingerprint density at radius 2 is 1.59 bits per heavy atom. The number of carbonyl (C=O) groups excluding carboxylic acids is 2. The molecule has 1 aliphatic heterocycles. The maximum atomic E-state index is 12.8. The third kappa shape index (κ3) is 5.40. The first-order chi connectivity index (χ1) is 13.9. The van der Waals surface area contributed by atoms with Crippen LogP contribution in [0.5, 0.6) is 11.5 Å². The summed E-state index contributed by atoms with van der Waals surface area (Å²) in [4.78, 5) is 25.2. The van der Waals surface area contributed by atoms with Crippen molar-refractivity contribution in [1.29, 1.82) is 0 Å². The molecule has 3 rings (SSSR count). The minimum absolute atomic E-state index is 0.0796. The number of benzene rings is 2. The van der Waals surface area contributed by atoms with E-state index in [-0.39, 0.29) is 17.9 Å². The molecule has 7 heteroatoms. The molecule has 0 unspecified atom stereocenters. The molecular formula is C22H27N3O4. The van der Waals surface area contributed by atoms with Crippen molar-refractivity contribution in [2.75, 3.05) is 18.5 Å². The molecule has 2 aromatic carbocycles. The van der Waals surface area contributed by atoms with Gasteiger partial charge in [0.05, 0.1) is 6.04 Å². The van der Waals surface area contributed by atoms with Crippen LogP contribution in [0.2, 0.25) is 0 Å². The van der Waals surface area contributed by atoms with Gasteiger partial charge in [-0.3, -0.25) is 4.79 Å². The summed E-state index contributed by atoms with van der Waals surface area (Å²) < 4.78 is 11.1. The fraction of sp³-hybridized carbons (Fsp3) is 0.364. The maximum absolute atomic E-state index is 12.8. The summed E-state index contributed by atoms with van der Waals surface area (Å²) in [5.74, 6) is 1.06.